The number of methoxy groups -OCH3 is 2. The van der Waals surface area contributed by atoms with Crippen LogP contribution in [-0.4, -0.2) is 25.3 Å². The van der Waals surface area contributed by atoms with Crippen LogP contribution in [0.1, 0.15) is 0 Å². The van der Waals surface area contributed by atoms with Crippen LogP contribution in [0.15, 0.2) is 0 Å². The molecule has 48 valence electrons. The maximum absolute atomic E-state index is 4.47. The quantitative estimate of drug-likeness (QED) is 0.438. The standard InChI is InChI=1S/C3H8O2.CS2/c1-4-3-5-2;2-1-3/h3H2,1-2H3;. The fraction of sp³-hybridized carbons (Fsp3) is 0.750. The van der Waals surface area contributed by atoms with Crippen LogP contribution in [-0.2, 0) is 9.47 Å². The monoisotopic (exact) mass is 152 g/mol. The van der Waals surface area contributed by atoms with Gasteiger partial charge in [0.25, 0.3) is 0 Å². The van der Waals surface area contributed by atoms with Crippen LogP contribution in [0.5, 0.6) is 0 Å². The molecule has 2 nitrogen and oxygen atoms in total. The minimum Gasteiger partial charge on any atom is -0.359 e. The topological polar surface area (TPSA) is 18.5 Å². The van der Waals surface area contributed by atoms with Crippen LogP contribution in [0, 0.1) is 0 Å². The van der Waals surface area contributed by atoms with Crippen molar-refractivity contribution in [3.8, 4) is 0 Å². The van der Waals surface area contributed by atoms with Crippen LogP contribution in [0.3, 0.4) is 0 Å². The van der Waals surface area contributed by atoms with E-state index in [0.29, 0.717) is 6.79 Å². The van der Waals surface area contributed by atoms with Crippen LogP contribution < -0.4 is 0 Å². The van der Waals surface area contributed by atoms with Crippen LogP contribution >= 0.6 is 24.4 Å². The molecule has 0 radical (unpaired) electrons. The van der Waals surface area contributed by atoms with Gasteiger partial charge in [0.05, 0.1) is 0 Å². The van der Waals surface area contributed by atoms with Crippen molar-refractivity contribution in [1.82, 2.24) is 0 Å². The molecule has 0 saturated heterocycles. The molecule has 8 heavy (non-hydrogen) atoms. The molecule has 0 N–H and O–H groups in total. The van der Waals surface area contributed by atoms with Crippen molar-refractivity contribution >= 4 is 28.7 Å². The molecule has 0 aliphatic rings. The largest absolute Gasteiger partial charge is 0.359 e. The summed E-state index contributed by atoms with van der Waals surface area (Å²) in [6, 6.07) is 0. The van der Waals surface area contributed by atoms with E-state index in [1.165, 1.54) is 0 Å². The molecule has 0 aliphatic carbocycles. The van der Waals surface area contributed by atoms with Crippen molar-refractivity contribution < 1.29 is 9.47 Å². The Morgan fingerprint density at radius 1 is 1.25 bits per heavy atom. The lowest BCUT2D eigenvalue weighted by Crippen LogP contribution is -1.87. The fourth-order valence-electron chi connectivity index (χ4n) is 0.118. The third kappa shape index (κ3) is 35.4. The number of hydrogen-bond donors (Lipinski definition) is 0. The molecular formula is C4H8O2S2. The highest BCUT2D eigenvalue weighted by Crippen LogP contribution is 1.60. The zero-order valence-corrected chi connectivity index (χ0v) is 6.47. The first-order valence-corrected chi connectivity index (χ1v) is 2.62. The first-order chi connectivity index (χ1) is 3.83. The summed E-state index contributed by atoms with van der Waals surface area (Å²) in [5.41, 5.74) is 0. The van der Waals surface area contributed by atoms with Crippen molar-refractivity contribution in [2.75, 3.05) is 21.0 Å². The third-order valence-electron chi connectivity index (χ3n) is 0.236. The second-order valence-electron chi connectivity index (χ2n) is 0.779. The molecule has 0 aliphatic heterocycles. The van der Waals surface area contributed by atoms with E-state index >= 15 is 0 Å². The van der Waals surface area contributed by atoms with Gasteiger partial charge in [-0.2, -0.15) is 0 Å². The second-order valence-corrected chi connectivity index (χ2v) is 1.45. The van der Waals surface area contributed by atoms with Crippen molar-refractivity contribution in [2.24, 2.45) is 0 Å². The Morgan fingerprint density at radius 3 is 1.50 bits per heavy atom. The lowest BCUT2D eigenvalue weighted by Gasteiger charge is -1.87. The molecule has 0 fully saturated rings. The average molecular weight is 152 g/mol. The Labute approximate surface area is 59.8 Å². The summed E-state index contributed by atoms with van der Waals surface area (Å²) in [4.78, 5) is 0. The predicted octanol–water partition coefficient (Wildman–Crippen LogP) is 1.25. The SMILES string of the molecule is COCOC.S=C=S. The molecule has 0 atom stereocenters. The number of rotatable bonds is 2. The van der Waals surface area contributed by atoms with Crippen LogP contribution in [0.25, 0.3) is 0 Å². The third-order valence-corrected chi connectivity index (χ3v) is 0.236. The highest BCUT2D eigenvalue weighted by Gasteiger charge is 1.63. The number of ether oxygens (including phenoxy) is 2. The molecular weight excluding hydrogens is 144 g/mol. The lowest BCUT2D eigenvalue weighted by molar-refractivity contribution is -0.00271. The Bertz CT molecular complexity index is 57.1. The van der Waals surface area contributed by atoms with E-state index < -0.39 is 0 Å². The molecule has 0 bridgehead atoms. The molecule has 0 spiro atoms. The van der Waals surface area contributed by atoms with Gasteiger partial charge in [-0.05, 0) is 24.4 Å². The van der Waals surface area contributed by atoms with Gasteiger partial charge in [-0.25, -0.2) is 0 Å². The Morgan fingerprint density at radius 2 is 1.50 bits per heavy atom. The molecule has 0 amide bonds. The summed E-state index contributed by atoms with van der Waals surface area (Å²) >= 11 is 7.92. The smallest absolute Gasteiger partial charge is 0.145 e. The Hall–Kier alpha value is 0.140. The second kappa shape index (κ2) is 15.7. The van der Waals surface area contributed by atoms with E-state index in [1.807, 2.05) is 4.31 Å². The van der Waals surface area contributed by atoms with Gasteiger partial charge in [0.15, 0.2) is 0 Å². The van der Waals surface area contributed by atoms with E-state index in [0.717, 1.165) is 0 Å². The first kappa shape index (κ1) is 11.0. The molecule has 0 aromatic rings. The van der Waals surface area contributed by atoms with Gasteiger partial charge < -0.3 is 9.47 Å². The summed E-state index contributed by atoms with van der Waals surface area (Å²) in [6.45, 7) is 0.389. The van der Waals surface area contributed by atoms with Gasteiger partial charge in [-0.1, -0.05) is 0 Å². The van der Waals surface area contributed by atoms with E-state index in [9.17, 15) is 0 Å². The molecule has 0 rings (SSSR count). The molecule has 0 unspecified atom stereocenters. The fourth-order valence-corrected chi connectivity index (χ4v) is 0.118. The van der Waals surface area contributed by atoms with Gasteiger partial charge in [0, 0.05) is 18.5 Å². The zero-order valence-electron chi connectivity index (χ0n) is 4.84. The first-order valence-electron chi connectivity index (χ1n) is 1.80. The minimum absolute atomic E-state index is 0.389. The van der Waals surface area contributed by atoms with Crippen molar-refractivity contribution in [3.05, 3.63) is 0 Å². The van der Waals surface area contributed by atoms with Crippen molar-refractivity contribution in [2.45, 2.75) is 0 Å². The number of thiocarbonyl (C=S) groups is 2. The Balaban J connectivity index is 0. The molecule has 0 heterocycles. The summed E-state index contributed by atoms with van der Waals surface area (Å²) in [6.07, 6.45) is 0. The zero-order chi connectivity index (χ0) is 6.83. The summed E-state index contributed by atoms with van der Waals surface area (Å²) in [7, 11) is 3.17. The van der Waals surface area contributed by atoms with Gasteiger partial charge in [-0.15, -0.1) is 0 Å². The maximum Gasteiger partial charge on any atom is 0.145 e. The van der Waals surface area contributed by atoms with Crippen molar-refractivity contribution in [3.63, 3.8) is 0 Å². The average Bonchev–Trinajstić information content (AvgIpc) is 1.71. The van der Waals surface area contributed by atoms with Crippen LogP contribution in [0.2, 0.25) is 0 Å². The highest BCUT2D eigenvalue weighted by molar-refractivity contribution is 7.93. The maximum atomic E-state index is 4.47. The van der Waals surface area contributed by atoms with E-state index in [-0.39, 0.29) is 0 Å². The summed E-state index contributed by atoms with van der Waals surface area (Å²) in [5.74, 6) is 0. The summed E-state index contributed by atoms with van der Waals surface area (Å²) < 4.78 is 10.9. The van der Waals surface area contributed by atoms with Crippen LogP contribution in [0.4, 0.5) is 0 Å². The van der Waals surface area contributed by atoms with Gasteiger partial charge >= 0.3 is 0 Å². The lowest BCUT2D eigenvalue weighted by atomic mass is 11.4. The van der Waals surface area contributed by atoms with Gasteiger partial charge in [0.2, 0.25) is 0 Å². The van der Waals surface area contributed by atoms with E-state index in [1.54, 1.807) is 14.2 Å². The molecule has 0 saturated carbocycles. The normalized spacial score (nSPS) is 6.25. The molecule has 4 heteroatoms. The molecule has 0 aromatic carbocycles. The van der Waals surface area contributed by atoms with E-state index in [4.69, 9.17) is 0 Å². The Kier molecular flexibility index (Phi) is 21.6. The minimum atomic E-state index is 0.389. The van der Waals surface area contributed by atoms with Gasteiger partial charge in [0.1, 0.15) is 6.79 Å². The summed E-state index contributed by atoms with van der Waals surface area (Å²) in [5, 5.41) is 0. The molecule has 0 aromatic heterocycles. The van der Waals surface area contributed by atoms with E-state index in [2.05, 4.69) is 33.9 Å². The number of hydrogen-bond acceptors (Lipinski definition) is 4. The predicted molar refractivity (Wildman–Crippen MR) is 39.1 cm³/mol. The van der Waals surface area contributed by atoms with Gasteiger partial charge in [-0.3, -0.25) is 0 Å². The van der Waals surface area contributed by atoms with Crippen molar-refractivity contribution in [1.29, 1.82) is 0 Å². The highest BCUT2D eigenvalue weighted by atomic mass is 32.1.